The molecule has 0 radical (unpaired) electrons. The highest BCUT2D eigenvalue weighted by atomic mass is 14.3. The van der Waals surface area contributed by atoms with Gasteiger partial charge in [0.25, 0.3) is 0 Å². The van der Waals surface area contributed by atoms with Crippen molar-refractivity contribution >= 4 is 6.71 Å². The van der Waals surface area contributed by atoms with Crippen LogP contribution in [0.1, 0.15) is 135 Å². The molecule has 2 aromatic carbocycles. The molecular formula is C36H63B. The fourth-order valence-corrected chi connectivity index (χ4v) is 5.10. The van der Waals surface area contributed by atoms with Crippen molar-refractivity contribution < 1.29 is 0 Å². The van der Waals surface area contributed by atoms with Crippen LogP contribution in [0.25, 0.3) is 0 Å². The number of hydrogen-bond donors (Lipinski definition) is 0. The number of benzene rings is 2. The smallest absolute Gasteiger partial charge is 0.0861 e. The van der Waals surface area contributed by atoms with E-state index in [0.29, 0.717) is 11.3 Å². The van der Waals surface area contributed by atoms with Gasteiger partial charge in [0.1, 0.15) is 6.71 Å². The lowest BCUT2D eigenvalue weighted by Crippen LogP contribution is -2.21. The second-order valence-electron chi connectivity index (χ2n) is 12.0. The highest BCUT2D eigenvalue weighted by Gasteiger charge is 2.27. The summed E-state index contributed by atoms with van der Waals surface area (Å²) in [6, 6.07) is 18.0. The van der Waals surface area contributed by atoms with Crippen molar-refractivity contribution in [2.75, 3.05) is 0 Å². The summed E-state index contributed by atoms with van der Waals surface area (Å²) in [6.45, 7) is 26.2. The predicted molar refractivity (Wildman–Crippen MR) is 174 cm³/mol. The van der Waals surface area contributed by atoms with Crippen LogP contribution in [0.15, 0.2) is 48.5 Å². The first-order chi connectivity index (χ1) is 17.6. The molecule has 37 heavy (non-hydrogen) atoms. The Hall–Kier alpha value is -1.50. The van der Waals surface area contributed by atoms with Gasteiger partial charge in [-0.3, -0.25) is 0 Å². The molecule has 0 fully saturated rings. The largest absolute Gasteiger partial charge is 0.136 e. The molecule has 0 N–H and O–H groups in total. The van der Waals surface area contributed by atoms with E-state index in [0.717, 1.165) is 25.4 Å². The molecule has 0 aliphatic carbocycles. The van der Waals surface area contributed by atoms with Gasteiger partial charge in [-0.05, 0) is 59.8 Å². The summed E-state index contributed by atoms with van der Waals surface area (Å²) in [5.41, 5.74) is 6.24. The van der Waals surface area contributed by atoms with E-state index in [2.05, 4.69) is 124 Å². The topological polar surface area (TPSA) is 0 Å². The van der Waals surface area contributed by atoms with E-state index in [4.69, 9.17) is 0 Å². The first-order valence-electron chi connectivity index (χ1n) is 15.7. The van der Waals surface area contributed by atoms with Gasteiger partial charge < -0.3 is 0 Å². The molecule has 210 valence electrons. The normalized spacial score (nSPS) is 12.5. The first kappa shape index (κ1) is 35.5. The van der Waals surface area contributed by atoms with E-state index in [1.54, 1.807) is 0 Å². The summed E-state index contributed by atoms with van der Waals surface area (Å²) in [6.07, 6.45) is 12.9. The second kappa shape index (κ2) is 20.5. The zero-order valence-corrected chi connectivity index (χ0v) is 26.9. The maximum atomic E-state index is 2.44. The molecule has 0 nitrogen and oxygen atoms in total. The van der Waals surface area contributed by atoms with Crippen molar-refractivity contribution in [3.8, 4) is 0 Å². The van der Waals surface area contributed by atoms with Gasteiger partial charge in [0, 0.05) is 0 Å². The van der Waals surface area contributed by atoms with Gasteiger partial charge in [0.05, 0.1) is 0 Å². The minimum atomic E-state index is 0.368. The summed E-state index contributed by atoms with van der Waals surface area (Å²) >= 11 is 0. The van der Waals surface area contributed by atoms with Crippen molar-refractivity contribution in [1.82, 2.24) is 0 Å². The van der Waals surface area contributed by atoms with Crippen molar-refractivity contribution in [3.63, 3.8) is 0 Å². The Balaban J connectivity index is 0.000000770. The third-order valence-corrected chi connectivity index (χ3v) is 8.45. The third-order valence-electron chi connectivity index (χ3n) is 8.45. The van der Waals surface area contributed by atoms with Crippen molar-refractivity contribution in [2.24, 2.45) is 5.41 Å². The fourth-order valence-electron chi connectivity index (χ4n) is 5.10. The highest BCUT2D eigenvalue weighted by molar-refractivity contribution is 6.57. The number of aryl methyl sites for hydroxylation is 3. The molecule has 0 aromatic heterocycles. The monoisotopic (exact) mass is 507 g/mol. The van der Waals surface area contributed by atoms with Crippen molar-refractivity contribution in [2.45, 2.75) is 152 Å². The molecular weight excluding hydrogens is 443 g/mol. The van der Waals surface area contributed by atoms with Gasteiger partial charge in [-0.25, -0.2) is 0 Å². The summed E-state index contributed by atoms with van der Waals surface area (Å²) in [5, 5.41) is 0. The summed E-state index contributed by atoms with van der Waals surface area (Å²) in [5.74, 6) is 1.62. The molecule has 2 aromatic rings. The van der Waals surface area contributed by atoms with E-state index in [9.17, 15) is 0 Å². The molecule has 1 heteroatoms. The predicted octanol–water partition coefficient (Wildman–Crippen LogP) is 12.2. The molecule has 2 atom stereocenters. The zero-order valence-electron chi connectivity index (χ0n) is 26.9. The maximum absolute atomic E-state index is 2.44. The van der Waals surface area contributed by atoms with Crippen LogP contribution < -0.4 is 0 Å². The van der Waals surface area contributed by atoms with E-state index in [-0.39, 0.29) is 0 Å². The number of unbranched alkanes of at least 4 members (excludes halogenated alkanes) is 2. The molecule has 0 amide bonds. The van der Waals surface area contributed by atoms with Gasteiger partial charge in [0.15, 0.2) is 0 Å². The maximum Gasteiger partial charge on any atom is 0.136 e. The Bertz CT molecular complexity index is 788. The van der Waals surface area contributed by atoms with Crippen LogP contribution in [-0.2, 0) is 12.8 Å². The van der Waals surface area contributed by atoms with Gasteiger partial charge in [0.2, 0.25) is 0 Å². The summed E-state index contributed by atoms with van der Waals surface area (Å²) in [7, 11) is 0. The lowest BCUT2D eigenvalue weighted by atomic mass is 9.43. The Morgan fingerprint density at radius 3 is 1.81 bits per heavy atom. The minimum Gasteiger partial charge on any atom is -0.0861 e. The zero-order chi connectivity index (χ0) is 28.3. The standard InChI is InChI=1S/C23H32.C9H21B.C4H10/c1-6-22(23(4,5)7-2)21-16-15-20(18(3)17-21)14-13-19-11-9-8-10-12-19;1-5-7-8-9(6-2)10(3)4;1-3-4-2/h8-12,15-17,22H,6-7,13-14H2,1-5H3;9H,5-8H2,1-4H3;3-4H2,1-2H3/t;9-;/m.0./s1. The first-order valence-corrected chi connectivity index (χ1v) is 15.7. The van der Waals surface area contributed by atoms with Gasteiger partial charge in [-0.1, -0.05) is 168 Å². The molecule has 2 rings (SSSR count). The van der Waals surface area contributed by atoms with Crippen LogP contribution in [0.5, 0.6) is 0 Å². The molecule has 0 heterocycles. The van der Waals surface area contributed by atoms with Crippen molar-refractivity contribution in [3.05, 3.63) is 70.8 Å². The molecule has 0 saturated carbocycles. The van der Waals surface area contributed by atoms with Crippen LogP contribution in [0.3, 0.4) is 0 Å². The minimum absolute atomic E-state index is 0.368. The van der Waals surface area contributed by atoms with E-state index in [1.165, 1.54) is 73.6 Å². The van der Waals surface area contributed by atoms with Crippen LogP contribution >= 0.6 is 0 Å². The van der Waals surface area contributed by atoms with E-state index in [1.807, 2.05) is 0 Å². The molecule has 0 saturated heterocycles. The number of rotatable bonds is 13. The van der Waals surface area contributed by atoms with Crippen molar-refractivity contribution in [1.29, 1.82) is 0 Å². The summed E-state index contributed by atoms with van der Waals surface area (Å²) < 4.78 is 0. The quantitative estimate of drug-likeness (QED) is 0.237. The van der Waals surface area contributed by atoms with Gasteiger partial charge in [-0.2, -0.15) is 0 Å². The molecule has 0 spiro atoms. The van der Waals surface area contributed by atoms with Gasteiger partial charge in [-0.15, -0.1) is 0 Å². The third kappa shape index (κ3) is 14.3. The lowest BCUT2D eigenvalue weighted by molar-refractivity contribution is 0.267. The lowest BCUT2D eigenvalue weighted by Gasteiger charge is -2.33. The van der Waals surface area contributed by atoms with Crippen LogP contribution in [0.4, 0.5) is 0 Å². The van der Waals surface area contributed by atoms with E-state index < -0.39 is 0 Å². The second-order valence-corrected chi connectivity index (χ2v) is 12.0. The molecule has 1 unspecified atom stereocenters. The summed E-state index contributed by atoms with van der Waals surface area (Å²) in [4.78, 5) is 0. The Kier molecular flexibility index (Phi) is 19.6. The van der Waals surface area contributed by atoms with Crippen LogP contribution in [-0.4, -0.2) is 6.71 Å². The Morgan fingerprint density at radius 1 is 0.757 bits per heavy atom. The molecule has 0 bridgehead atoms. The Morgan fingerprint density at radius 2 is 1.38 bits per heavy atom. The fraction of sp³-hybridized carbons (Fsp3) is 0.667. The number of hydrogen-bond acceptors (Lipinski definition) is 0. The average Bonchev–Trinajstić information content (AvgIpc) is 2.90. The van der Waals surface area contributed by atoms with Crippen LogP contribution in [0, 0.1) is 12.3 Å². The molecule has 0 aliphatic rings. The molecule has 0 aliphatic heterocycles. The Labute approximate surface area is 234 Å². The average molecular weight is 507 g/mol. The van der Waals surface area contributed by atoms with Crippen LogP contribution in [0.2, 0.25) is 19.5 Å². The highest BCUT2D eigenvalue weighted by Crippen LogP contribution is 2.41. The van der Waals surface area contributed by atoms with E-state index >= 15 is 0 Å². The SMILES string of the molecule is CCC(c1ccc(CCc2ccccc2)c(C)c1)C(C)(C)CC.CCCC.CCCC[C@H](CC)B(C)C. The van der Waals surface area contributed by atoms with Gasteiger partial charge >= 0.3 is 0 Å².